The fourth-order valence-corrected chi connectivity index (χ4v) is 1.33. The molecule has 0 saturated carbocycles. The first-order valence-corrected chi connectivity index (χ1v) is 5.04. The lowest BCUT2D eigenvalue weighted by Crippen LogP contribution is -2.07. The van der Waals surface area contributed by atoms with Crippen molar-refractivity contribution in [3.8, 4) is 11.5 Å². The molecule has 0 aliphatic rings. The van der Waals surface area contributed by atoms with E-state index in [1.807, 2.05) is 32.0 Å². The molecule has 1 aromatic rings. The van der Waals surface area contributed by atoms with Crippen molar-refractivity contribution in [2.45, 2.75) is 26.4 Å². The molecule has 0 fully saturated rings. The Morgan fingerprint density at radius 2 is 2.07 bits per heavy atom. The molecule has 0 spiro atoms. The standard InChI is InChI=1S/C12H18NO2/c1-9(2)15-11-5-4-10(6-7-13)8-12(11)14-3/h4-5,7-9H,6,13H2,1-3H3. The minimum Gasteiger partial charge on any atom is -0.493 e. The van der Waals surface area contributed by atoms with Crippen LogP contribution in [0.25, 0.3) is 0 Å². The fraction of sp³-hybridized carbons (Fsp3) is 0.417. The van der Waals surface area contributed by atoms with Gasteiger partial charge in [0.25, 0.3) is 0 Å². The van der Waals surface area contributed by atoms with Gasteiger partial charge in [-0.1, -0.05) is 6.07 Å². The molecule has 1 aromatic carbocycles. The molecule has 1 radical (unpaired) electrons. The second kappa shape index (κ2) is 5.61. The Labute approximate surface area is 91.2 Å². The van der Waals surface area contributed by atoms with Crippen molar-refractivity contribution >= 4 is 0 Å². The molecule has 0 bridgehead atoms. The maximum atomic E-state index is 5.60. The highest BCUT2D eigenvalue weighted by atomic mass is 16.5. The third kappa shape index (κ3) is 3.44. The Hall–Kier alpha value is -1.22. The van der Waals surface area contributed by atoms with E-state index in [0.29, 0.717) is 0 Å². The largest absolute Gasteiger partial charge is 0.493 e. The second-order valence-electron chi connectivity index (χ2n) is 3.59. The maximum absolute atomic E-state index is 5.60. The van der Waals surface area contributed by atoms with Gasteiger partial charge >= 0.3 is 0 Å². The lowest BCUT2D eigenvalue weighted by Gasteiger charge is -2.14. The molecule has 0 unspecified atom stereocenters. The number of hydrogen-bond donors (Lipinski definition) is 1. The van der Waals surface area contributed by atoms with Crippen LogP contribution in [0.15, 0.2) is 18.2 Å². The minimum atomic E-state index is 0.144. The summed E-state index contributed by atoms with van der Waals surface area (Å²) in [6.45, 7) is 5.60. The Balaban J connectivity index is 2.88. The number of methoxy groups -OCH3 is 1. The average Bonchev–Trinajstić information content (AvgIpc) is 2.20. The number of ether oxygens (including phenoxy) is 2. The molecule has 2 N–H and O–H groups in total. The van der Waals surface area contributed by atoms with Gasteiger partial charge in [0.15, 0.2) is 11.5 Å². The Bertz CT molecular complexity index is 310. The van der Waals surface area contributed by atoms with Crippen LogP contribution in [0.5, 0.6) is 11.5 Å². The highest BCUT2D eigenvalue weighted by Gasteiger charge is 2.06. The molecular weight excluding hydrogens is 190 g/mol. The Morgan fingerprint density at radius 1 is 1.33 bits per heavy atom. The van der Waals surface area contributed by atoms with E-state index >= 15 is 0 Å². The summed E-state index contributed by atoms with van der Waals surface area (Å²) in [6.07, 6.45) is 0.879. The summed E-state index contributed by atoms with van der Waals surface area (Å²) < 4.78 is 10.9. The van der Waals surface area contributed by atoms with Crippen molar-refractivity contribution in [3.05, 3.63) is 30.3 Å². The molecule has 0 aliphatic carbocycles. The summed E-state index contributed by atoms with van der Waals surface area (Å²) in [4.78, 5) is 0. The molecule has 0 amide bonds. The lowest BCUT2D eigenvalue weighted by atomic mass is 10.1. The molecule has 1 rings (SSSR count). The Morgan fingerprint density at radius 3 is 2.60 bits per heavy atom. The molecule has 15 heavy (non-hydrogen) atoms. The van der Waals surface area contributed by atoms with Gasteiger partial charge in [-0.2, -0.15) is 0 Å². The van der Waals surface area contributed by atoms with Gasteiger partial charge in [0.1, 0.15) is 0 Å². The summed E-state index contributed by atoms with van der Waals surface area (Å²) in [7, 11) is 1.64. The van der Waals surface area contributed by atoms with E-state index in [2.05, 4.69) is 0 Å². The zero-order chi connectivity index (χ0) is 11.3. The van der Waals surface area contributed by atoms with E-state index in [4.69, 9.17) is 15.2 Å². The Kier molecular flexibility index (Phi) is 4.43. The molecule has 0 aromatic heterocycles. The summed E-state index contributed by atoms with van der Waals surface area (Å²) in [5.74, 6) is 1.52. The summed E-state index contributed by atoms with van der Waals surface area (Å²) >= 11 is 0. The van der Waals surface area contributed by atoms with E-state index in [-0.39, 0.29) is 6.10 Å². The highest BCUT2D eigenvalue weighted by Crippen LogP contribution is 2.29. The quantitative estimate of drug-likeness (QED) is 0.806. The fourth-order valence-electron chi connectivity index (χ4n) is 1.33. The van der Waals surface area contributed by atoms with Crippen molar-refractivity contribution in [2.24, 2.45) is 5.73 Å². The third-order valence-corrected chi connectivity index (χ3v) is 1.94. The summed E-state index contributed by atoms with van der Waals surface area (Å²) in [6, 6.07) is 5.85. The van der Waals surface area contributed by atoms with Crippen molar-refractivity contribution in [1.82, 2.24) is 0 Å². The zero-order valence-electron chi connectivity index (χ0n) is 9.49. The molecule has 0 heterocycles. The monoisotopic (exact) mass is 208 g/mol. The molecule has 3 heteroatoms. The van der Waals surface area contributed by atoms with E-state index in [1.165, 1.54) is 0 Å². The topological polar surface area (TPSA) is 44.5 Å². The highest BCUT2D eigenvalue weighted by molar-refractivity contribution is 5.43. The van der Waals surface area contributed by atoms with Gasteiger partial charge in [-0.3, -0.25) is 0 Å². The predicted molar refractivity (Wildman–Crippen MR) is 60.9 cm³/mol. The van der Waals surface area contributed by atoms with Crippen molar-refractivity contribution < 1.29 is 9.47 Å². The third-order valence-electron chi connectivity index (χ3n) is 1.94. The van der Waals surface area contributed by atoms with Gasteiger partial charge in [0, 0.05) is 6.54 Å². The van der Waals surface area contributed by atoms with Crippen LogP contribution >= 0.6 is 0 Å². The van der Waals surface area contributed by atoms with Crippen molar-refractivity contribution in [3.63, 3.8) is 0 Å². The van der Waals surface area contributed by atoms with Gasteiger partial charge in [-0.15, -0.1) is 0 Å². The van der Waals surface area contributed by atoms with Gasteiger partial charge in [-0.25, -0.2) is 0 Å². The van der Waals surface area contributed by atoms with Crippen LogP contribution in [0.1, 0.15) is 19.4 Å². The predicted octanol–water partition coefficient (Wildman–Crippen LogP) is 2.15. The van der Waals surface area contributed by atoms with E-state index < -0.39 is 0 Å². The molecule has 83 valence electrons. The second-order valence-corrected chi connectivity index (χ2v) is 3.59. The first-order chi connectivity index (χ1) is 7.17. The minimum absolute atomic E-state index is 0.144. The average molecular weight is 208 g/mol. The normalized spacial score (nSPS) is 10.5. The van der Waals surface area contributed by atoms with Crippen LogP contribution in [0.3, 0.4) is 0 Å². The number of rotatable bonds is 5. The van der Waals surface area contributed by atoms with Crippen molar-refractivity contribution in [1.29, 1.82) is 0 Å². The van der Waals surface area contributed by atoms with Crippen LogP contribution in [0, 0.1) is 6.54 Å². The molecule has 0 atom stereocenters. The van der Waals surface area contributed by atoms with Crippen LogP contribution in [0.2, 0.25) is 0 Å². The van der Waals surface area contributed by atoms with Gasteiger partial charge in [0.2, 0.25) is 0 Å². The maximum Gasteiger partial charge on any atom is 0.161 e. The van der Waals surface area contributed by atoms with E-state index in [0.717, 1.165) is 23.5 Å². The smallest absolute Gasteiger partial charge is 0.161 e. The van der Waals surface area contributed by atoms with Gasteiger partial charge < -0.3 is 15.2 Å². The summed E-state index contributed by atoms with van der Waals surface area (Å²) in [5, 5.41) is 0. The molecule has 0 aliphatic heterocycles. The number of nitrogens with two attached hydrogens (primary N) is 1. The first-order valence-electron chi connectivity index (χ1n) is 5.04. The summed E-state index contributed by atoms with van der Waals surface area (Å²) in [5.41, 5.74) is 6.49. The van der Waals surface area contributed by atoms with Crippen LogP contribution < -0.4 is 15.2 Å². The SMILES string of the molecule is COc1cc(C[CH]N)ccc1OC(C)C. The van der Waals surface area contributed by atoms with Crippen LogP contribution in [-0.4, -0.2) is 13.2 Å². The van der Waals surface area contributed by atoms with Crippen molar-refractivity contribution in [2.75, 3.05) is 7.11 Å². The lowest BCUT2D eigenvalue weighted by molar-refractivity contribution is 0.230. The number of benzene rings is 1. The first kappa shape index (κ1) is 11.9. The zero-order valence-corrected chi connectivity index (χ0v) is 9.49. The molecular formula is C12H18NO2. The van der Waals surface area contributed by atoms with Gasteiger partial charge in [-0.05, 0) is 38.0 Å². The molecule has 3 nitrogen and oxygen atoms in total. The molecule has 0 saturated heterocycles. The van der Waals surface area contributed by atoms with Gasteiger partial charge in [0.05, 0.1) is 13.2 Å². The van der Waals surface area contributed by atoms with Crippen LogP contribution in [-0.2, 0) is 6.42 Å². The van der Waals surface area contributed by atoms with Crippen LogP contribution in [0.4, 0.5) is 0 Å². The van der Waals surface area contributed by atoms with E-state index in [9.17, 15) is 0 Å². The number of hydrogen-bond acceptors (Lipinski definition) is 3. The van der Waals surface area contributed by atoms with E-state index in [1.54, 1.807) is 13.7 Å².